The number of rotatable bonds is 3. The number of imidazole rings is 1. The number of hydrogen-bond acceptors (Lipinski definition) is 2. The summed E-state index contributed by atoms with van der Waals surface area (Å²) in [6.07, 6.45) is 3.23. The van der Waals surface area contributed by atoms with Gasteiger partial charge in [0.2, 0.25) is 5.95 Å². The highest BCUT2D eigenvalue weighted by atomic mass is 19.2. The fourth-order valence-electron chi connectivity index (χ4n) is 1.43. The Morgan fingerprint density at radius 1 is 1.24 bits per heavy atom. The quantitative estimate of drug-likeness (QED) is 0.837. The molecule has 2 rings (SSSR count). The van der Waals surface area contributed by atoms with Gasteiger partial charge in [-0.3, -0.25) is 0 Å². The summed E-state index contributed by atoms with van der Waals surface area (Å²) in [6.45, 7) is 2.52. The van der Waals surface area contributed by atoms with Crippen molar-refractivity contribution in [1.82, 2.24) is 9.55 Å². The lowest BCUT2D eigenvalue weighted by Crippen LogP contribution is -2.04. The molecule has 0 amide bonds. The predicted octanol–water partition coefficient (Wildman–Crippen LogP) is 3.06. The summed E-state index contributed by atoms with van der Waals surface area (Å²) >= 11 is 0. The van der Waals surface area contributed by atoms with Crippen LogP contribution in [0.5, 0.6) is 0 Å². The third-order valence-electron chi connectivity index (χ3n) is 2.34. The summed E-state index contributed by atoms with van der Waals surface area (Å²) in [5.74, 6) is -3.59. The van der Waals surface area contributed by atoms with Crippen molar-refractivity contribution in [3.63, 3.8) is 0 Å². The largest absolute Gasteiger partial charge is 0.323 e. The first-order chi connectivity index (χ1) is 8.13. The molecule has 0 aliphatic carbocycles. The average Bonchev–Trinajstić information content (AvgIpc) is 2.77. The summed E-state index contributed by atoms with van der Waals surface area (Å²) in [7, 11) is 0. The van der Waals surface area contributed by atoms with Crippen LogP contribution in [0.15, 0.2) is 24.5 Å². The van der Waals surface area contributed by atoms with Crippen LogP contribution in [0.2, 0.25) is 0 Å². The minimum Gasteiger partial charge on any atom is -0.323 e. The number of anilines is 2. The maximum absolute atomic E-state index is 13.4. The van der Waals surface area contributed by atoms with E-state index in [2.05, 4.69) is 10.3 Å². The summed E-state index contributed by atoms with van der Waals surface area (Å²) in [5, 5.41) is 2.61. The van der Waals surface area contributed by atoms with E-state index in [-0.39, 0.29) is 5.69 Å². The molecule has 0 atom stereocenters. The number of aryl methyl sites for hydroxylation is 1. The molecular formula is C11H10F3N3. The third-order valence-corrected chi connectivity index (χ3v) is 2.34. The van der Waals surface area contributed by atoms with E-state index in [1.165, 1.54) is 6.20 Å². The van der Waals surface area contributed by atoms with Crippen LogP contribution in [0.4, 0.5) is 24.8 Å². The van der Waals surface area contributed by atoms with E-state index in [0.29, 0.717) is 12.5 Å². The van der Waals surface area contributed by atoms with Gasteiger partial charge in [-0.15, -0.1) is 0 Å². The predicted molar refractivity (Wildman–Crippen MR) is 57.5 cm³/mol. The molecule has 0 aliphatic rings. The highest BCUT2D eigenvalue weighted by Gasteiger charge is 2.14. The Kier molecular flexibility index (Phi) is 3.03. The van der Waals surface area contributed by atoms with Gasteiger partial charge in [0.15, 0.2) is 17.5 Å². The molecule has 1 aromatic carbocycles. The second kappa shape index (κ2) is 4.48. The van der Waals surface area contributed by atoms with E-state index in [1.54, 1.807) is 10.8 Å². The summed E-state index contributed by atoms with van der Waals surface area (Å²) in [5.41, 5.74) is -0.148. The molecule has 0 unspecified atom stereocenters. The first-order valence-electron chi connectivity index (χ1n) is 5.05. The van der Waals surface area contributed by atoms with E-state index in [0.717, 1.165) is 12.1 Å². The highest BCUT2D eigenvalue weighted by molar-refractivity contribution is 5.54. The SMILES string of the molecule is CCn1ccnc1Nc1ccc(F)c(F)c1F. The van der Waals surface area contributed by atoms with Gasteiger partial charge in [0, 0.05) is 18.9 Å². The second-order valence-electron chi connectivity index (χ2n) is 3.38. The van der Waals surface area contributed by atoms with Crippen LogP contribution in [0, 0.1) is 17.5 Å². The molecule has 0 saturated heterocycles. The van der Waals surface area contributed by atoms with Gasteiger partial charge in [-0.2, -0.15) is 0 Å². The van der Waals surface area contributed by atoms with Crippen LogP contribution in [-0.2, 0) is 6.54 Å². The number of nitrogens with one attached hydrogen (secondary N) is 1. The zero-order chi connectivity index (χ0) is 12.4. The Balaban J connectivity index is 2.34. The van der Waals surface area contributed by atoms with Gasteiger partial charge < -0.3 is 9.88 Å². The van der Waals surface area contributed by atoms with Gasteiger partial charge in [-0.1, -0.05) is 0 Å². The molecule has 0 bridgehead atoms. The highest BCUT2D eigenvalue weighted by Crippen LogP contribution is 2.22. The lowest BCUT2D eigenvalue weighted by molar-refractivity contribution is 0.449. The molecule has 0 aliphatic heterocycles. The van der Waals surface area contributed by atoms with Crippen LogP contribution in [0.25, 0.3) is 0 Å². The van der Waals surface area contributed by atoms with Crippen LogP contribution in [0.3, 0.4) is 0 Å². The van der Waals surface area contributed by atoms with Gasteiger partial charge in [0.25, 0.3) is 0 Å². The van der Waals surface area contributed by atoms with Crippen LogP contribution in [-0.4, -0.2) is 9.55 Å². The molecule has 90 valence electrons. The number of benzene rings is 1. The molecule has 1 heterocycles. The molecular weight excluding hydrogens is 231 g/mol. The van der Waals surface area contributed by atoms with E-state index >= 15 is 0 Å². The molecule has 17 heavy (non-hydrogen) atoms. The first kappa shape index (κ1) is 11.5. The first-order valence-corrected chi connectivity index (χ1v) is 5.05. The molecule has 3 nitrogen and oxygen atoms in total. The number of nitrogens with zero attached hydrogens (tertiary/aromatic N) is 2. The number of hydrogen-bond donors (Lipinski definition) is 1. The number of aromatic nitrogens is 2. The second-order valence-corrected chi connectivity index (χ2v) is 3.38. The zero-order valence-electron chi connectivity index (χ0n) is 9.04. The normalized spacial score (nSPS) is 10.6. The topological polar surface area (TPSA) is 29.9 Å². The van der Waals surface area contributed by atoms with Crippen molar-refractivity contribution in [3.05, 3.63) is 42.0 Å². The van der Waals surface area contributed by atoms with Crippen molar-refractivity contribution in [3.8, 4) is 0 Å². The van der Waals surface area contributed by atoms with Gasteiger partial charge >= 0.3 is 0 Å². The van der Waals surface area contributed by atoms with E-state index in [1.807, 2.05) is 6.92 Å². The van der Waals surface area contributed by atoms with Crippen molar-refractivity contribution in [2.24, 2.45) is 0 Å². The van der Waals surface area contributed by atoms with Crippen molar-refractivity contribution in [2.75, 3.05) is 5.32 Å². The molecule has 0 radical (unpaired) electrons. The molecule has 0 fully saturated rings. The van der Waals surface area contributed by atoms with Crippen molar-refractivity contribution >= 4 is 11.6 Å². The average molecular weight is 241 g/mol. The lowest BCUT2D eigenvalue weighted by Gasteiger charge is -2.09. The lowest BCUT2D eigenvalue weighted by atomic mass is 10.3. The van der Waals surface area contributed by atoms with Crippen molar-refractivity contribution in [2.45, 2.75) is 13.5 Å². The van der Waals surface area contributed by atoms with Gasteiger partial charge in [-0.05, 0) is 19.1 Å². The fourth-order valence-corrected chi connectivity index (χ4v) is 1.43. The van der Waals surface area contributed by atoms with Crippen LogP contribution >= 0.6 is 0 Å². The standard InChI is InChI=1S/C11H10F3N3/c1-2-17-6-5-15-11(17)16-8-4-3-7(12)9(13)10(8)14/h3-6H,2H2,1H3,(H,15,16). The van der Waals surface area contributed by atoms with Gasteiger partial charge in [-0.25, -0.2) is 18.2 Å². The monoisotopic (exact) mass is 241 g/mol. The Morgan fingerprint density at radius 3 is 2.71 bits per heavy atom. The maximum atomic E-state index is 13.4. The molecule has 6 heteroatoms. The molecule has 1 aromatic heterocycles. The van der Waals surface area contributed by atoms with Crippen LogP contribution < -0.4 is 5.32 Å². The maximum Gasteiger partial charge on any atom is 0.207 e. The molecule has 0 saturated carbocycles. The summed E-state index contributed by atoms with van der Waals surface area (Å²) < 4.78 is 40.8. The van der Waals surface area contributed by atoms with Gasteiger partial charge in [0.1, 0.15) is 0 Å². The minimum absolute atomic E-state index is 0.148. The summed E-state index contributed by atoms with van der Waals surface area (Å²) in [4.78, 5) is 3.94. The van der Waals surface area contributed by atoms with Crippen molar-refractivity contribution < 1.29 is 13.2 Å². The Labute approximate surface area is 95.9 Å². The smallest absolute Gasteiger partial charge is 0.207 e. The van der Waals surface area contributed by atoms with E-state index < -0.39 is 17.5 Å². The Hall–Kier alpha value is -1.98. The zero-order valence-corrected chi connectivity index (χ0v) is 9.04. The summed E-state index contributed by atoms with van der Waals surface area (Å²) in [6, 6.07) is 1.99. The number of halogens is 3. The fraction of sp³-hybridized carbons (Fsp3) is 0.182. The third kappa shape index (κ3) is 2.11. The van der Waals surface area contributed by atoms with E-state index in [4.69, 9.17) is 0 Å². The molecule has 1 N–H and O–H groups in total. The van der Waals surface area contributed by atoms with Gasteiger partial charge in [0.05, 0.1) is 5.69 Å². The Bertz CT molecular complexity index is 537. The molecule has 2 aromatic rings. The minimum atomic E-state index is -1.50. The molecule has 0 spiro atoms. The Morgan fingerprint density at radius 2 is 2.00 bits per heavy atom. The van der Waals surface area contributed by atoms with Crippen LogP contribution in [0.1, 0.15) is 6.92 Å². The van der Waals surface area contributed by atoms with E-state index in [9.17, 15) is 13.2 Å². The van der Waals surface area contributed by atoms with Crippen molar-refractivity contribution in [1.29, 1.82) is 0 Å².